The molecule has 8 nitrogen and oxygen atoms in total. The first-order chi connectivity index (χ1) is 13.6. The molecule has 144 valence electrons. The molecule has 0 spiro atoms. The Balaban J connectivity index is 1.45. The fourth-order valence-electron chi connectivity index (χ4n) is 3.32. The molecule has 0 N–H and O–H groups in total. The van der Waals surface area contributed by atoms with E-state index >= 15 is 0 Å². The molecule has 2 aromatic heterocycles. The molecule has 0 unspecified atom stereocenters. The minimum absolute atomic E-state index is 0.0325. The van der Waals surface area contributed by atoms with Gasteiger partial charge in [-0.15, -0.1) is 0 Å². The number of aromatic nitrogens is 4. The van der Waals surface area contributed by atoms with E-state index in [0.29, 0.717) is 43.4 Å². The number of hydrogen-bond donors (Lipinski definition) is 0. The second kappa shape index (κ2) is 7.67. The van der Waals surface area contributed by atoms with E-state index in [1.165, 1.54) is 0 Å². The Morgan fingerprint density at radius 3 is 2.61 bits per heavy atom. The number of amides is 1. The summed E-state index contributed by atoms with van der Waals surface area (Å²) in [6, 6.07) is 11.2. The van der Waals surface area contributed by atoms with Crippen molar-refractivity contribution in [2.24, 2.45) is 0 Å². The average Bonchev–Trinajstić information content (AvgIpc) is 3.28. The smallest absolute Gasteiger partial charge is 0.254 e. The third kappa shape index (κ3) is 3.66. The van der Waals surface area contributed by atoms with Gasteiger partial charge in [0.05, 0.1) is 12.8 Å². The van der Waals surface area contributed by atoms with Crippen LogP contribution in [0.25, 0.3) is 5.69 Å². The van der Waals surface area contributed by atoms with Gasteiger partial charge in [-0.25, -0.2) is 9.67 Å². The van der Waals surface area contributed by atoms with Crippen LogP contribution >= 0.6 is 0 Å². The Labute approximate surface area is 163 Å². The zero-order valence-electron chi connectivity index (χ0n) is 15.9. The predicted octanol–water partition coefficient (Wildman–Crippen LogP) is 1.94. The van der Waals surface area contributed by atoms with Gasteiger partial charge in [0.15, 0.2) is 0 Å². The normalized spacial score (nSPS) is 14.2. The monoisotopic (exact) mass is 378 g/mol. The van der Waals surface area contributed by atoms with E-state index < -0.39 is 0 Å². The number of rotatable bonds is 4. The van der Waals surface area contributed by atoms with Gasteiger partial charge in [-0.3, -0.25) is 4.79 Å². The zero-order chi connectivity index (χ0) is 19.5. The van der Waals surface area contributed by atoms with Gasteiger partial charge in [-0.05, 0) is 31.2 Å². The maximum atomic E-state index is 13.0. The first kappa shape index (κ1) is 18.0. The fraction of sp³-hybridized carbons (Fsp3) is 0.300. The van der Waals surface area contributed by atoms with E-state index in [9.17, 15) is 4.79 Å². The number of anilines is 1. The van der Waals surface area contributed by atoms with Crippen LogP contribution in [-0.4, -0.2) is 63.8 Å². The Bertz CT molecular complexity index is 965. The Morgan fingerprint density at radius 1 is 1.07 bits per heavy atom. The van der Waals surface area contributed by atoms with Gasteiger partial charge >= 0.3 is 0 Å². The third-order valence-corrected chi connectivity index (χ3v) is 4.76. The lowest BCUT2D eigenvalue weighted by atomic mass is 10.1. The average molecular weight is 378 g/mol. The van der Waals surface area contributed by atoms with Crippen molar-refractivity contribution in [2.75, 3.05) is 38.2 Å². The van der Waals surface area contributed by atoms with Crippen LogP contribution in [0.2, 0.25) is 0 Å². The van der Waals surface area contributed by atoms with Gasteiger partial charge in [0, 0.05) is 50.2 Å². The van der Waals surface area contributed by atoms with Gasteiger partial charge in [0.25, 0.3) is 5.91 Å². The maximum absolute atomic E-state index is 13.0. The molecule has 28 heavy (non-hydrogen) atoms. The van der Waals surface area contributed by atoms with E-state index in [2.05, 4.69) is 20.0 Å². The topological polar surface area (TPSA) is 76.4 Å². The molecular weight excluding hydrogens is 356 g/mol. The molecule has 1 fully saturated rings. The molecule has 0 bridgehead atoms. The summed E-state index contributed by atoms with van der Waals surface area (Å²) >= 11 is 0. The van der Waals surface area contributed by atoms with Gasteiger partial charge in [0.1, 0.15) is 11.6 Å². The van der Waals surface area contributed by atoms with E-state index in [-0.39, 0.29) is 5.91 Å². The van der Waals surface area contributed by atoms with Crippen molar-refractivity contribution in [1.82, 2.24) is 24.6 Å². The molecule has 1 saturated heterocycles. The number of nitrogens with zero attached hydrogens (tertiary/aromatic N) is 6. The van der Waals surface area contributed by atoms with Crippen LogP contribution in [-0.2, 0) is 0 Å². The molecule has 1 aromatic carbocycles. The Morgan fingerprint density at radius 2 is 1.89 bits per heavy atom. The molecular formula is C20H22N6O2. The minimum atomic E-state index is 0.0325. The highest BCUT2D eigenvalue weighted by molar-refractivity contribution is 5.95. The van der Waals surface area contributed by atoms with Gasteiger partial charge in [0.2, 0.25) is 5.88 Å². The lowest BCUT2D eigenvalue weighted by Crippen LogP contribution is -2.49. The molecule has 1 amide bonds. The van der Waals surface area contributed by atoms with Gasteiger partial charge < -0.3 is 14.5 Å². The third-order valence-electron chi connectivity index (χ3n) is 4.76. The van der Waals surface area contributed by atoms with Crippen molar-refractivity contribution >= 4 is 11.7 Å². The summed E-state index contributed by atoms with van der Waals surface area (Å²) in [6.07, 6.45) is 3.58. The fourth-order valence-corrected chi connectivity index (χ4v) is 3.32. The number of carbonyl (C=O) groups is 1. The van der Waals surface area contributed by atoms with Crippen LogP contribution in [0.5, 0.6) is 5.88 Å². The summed E-state index contributed by atoms with van der Waals surface area (Å²) in [5.74, 6) is 2.09. The lowest BCUT2D eigenvalue weighted by molar-refractivity contribution is 0.0746. The second-order valence-corrected chi connectivity index (χ2v) is 6.60. The number of piperazine rings is 1. The minimum Gasteiger partial charge on any atom is -0.481 e. The first-order valence-electron chi connectivity index (χ1n) is 9.18. The molecule has 3 heterocycles. The summed E-state index contributed by atoms with van der Waals surface area (Å²) in [4.78, 5) is 25.7. The summed E-state index contributed by atoms with van der Waals surface area (Å²) in [5.41, 5.74) is 1.54. The molecule has 0 aliphatic carbocycles. The highest BCUT2D eigenvalue weighted by Crippen LogP contribution is 2.20. The van der Waals surface area contributed by atoms with Crippen molar-refractivity contribution < 1.29 is 9.53 Å². The number of methoxy groups -OCH3 is 1. The van der Waals surface area contributed by atoms with Crippen molar-refractivity contribution in [3.63, 3.8) is 0 Å². The van der Waals surface area contributed by atoms with Crippen molar-refractivity contribution in [3.05, 3.63) is 60.2 Å². The standard InChI is InChI=1S/C20H22N6O2/c1-15-22-18(14-19(23-15)28-2)24-9-11-25(12-10-24)20(27)16-5-3-6-17(13-16)26-8-4-7-21-26/h3-8,13-14H,9-12H2,1-2H3. The molecule has 1 aliphatic rings. The van der Waals surface area contributed by atoms with Gasteiger partial charge in [-0.1, -0.05) is 6.07 Å². The summed E-state index contributed by atoms with van der Waals surface area (Å²) in [6.45, 7) is 4.54. The molecule has 0 atom stereocenters. The molecule has 3 aromatic rings. The second-order valence-electron chi connectivity index (χ2n) is 6.60. The van der Waals surface area contributed by atoms with Crippen LogP contribution in [0, 0.1) is 6.92 Å². The maximum Gasteiger partial charge on any atom is 0.254 e. The predicted molar refractivity (Wildman–Crippen MR) is 105 cm³/mol. The lowest BCUT2D eigenvalue weighted by Gasteiger charge is -2.35. The number of benzene rings is 1. The SMILES string of the molecule is COc1cc(N2CCN(C(=O)c3cccc(-n4cccn4)c3)CC2)nc(C)n1. The van der Waals surface area contributed by atoms with E-state index in [1.807, 2.05) is 54.4 Å². The van der Waals surface area contributed by atoms with Crippen LogP contribution in [0.3, 0.4) is 0 Å². The van der Waals surface area contributed by atoms with Crippen LogP contribution < -0.4 is 9.64 Å². The number of ether oxygens (including phenoxy) is 1. The molecule has 4 rings (SSSR count). The molecule has 8 heteroatoms. The van der Waals surface area contributed by atoms with Crippen molar-refractivity contribution in [3.8, 4) is 11.6 Å². The largest absolute Gasteiger partial charge is 0.481 e. The van der Waals surface area contributed by atoms with E-state index in [1.54, 1.807) is 18.0 Å². The highest BCUT2D eigenvalue weighted by atomic mass is 16.5. The van der Waals surface area contributed by atoms with Crippen LogP contribution in [0.4, 0.5) is 5.82 Å². The Kier molecular flexibility index (Phi) is 4.92. The van der Waals surface area contributed by atoms with E-state index in [0.717, 1.165) is 11.5 Å². The van der Waals surface area contributed by atoms with Crippen molar-refractivity contribution in [2.45, 2.75) is 6.92 Å². The highest BCUT2D eigenvalue weighted by Gasteiger charge is 2.23. The first-order valence-corrected chi connectivity index (χ1v) is 9.18. The quantitative estimate of drug-likeness (QED) is 0.691. The summed E-state index contributed by atoms with van der Waals surface area (Å²) in [5, 5.41) is 4.23. The summed E-state index contributed by atoms with van der Waals surface area (Å²) in [7, 11) is 1.60. The van der Waals surface area contributed by atoms with Crippen LogP contribution in [0.1, 0.15) is 16.2 Å². The zero-order valence-corrected chi connectivity index (χ0v) is 15.9. The Hall–Kier alpha value is -3.42. The van der Waals surface area contributed by atoms with E-state index in [4.69, 9.17) is 4.74 Å². The molecule has 0 saturated carbocycles. The number of hydrogen-bond acceptors (Lipinski definition) is 6. The van der Waals surface area contributed by atoms with Crippen LogP contribution in [0.15, 0.2) is 48.8 Å². The molecule has 0 radical (unpaired) electrons. The number of aryl methyl sites for hydroxylation is 1. The van der Waals surface area contributed by atoms with Gasteiger partial charge in [-0.2, -0.15) is 10.1 Å². The van der Waals surface area contributed by atoms with Crippen molar-refractivity contribution in [1.29, 1.82) is 0 Å². The number of carbonyl (C=O) groups excluding carboxylic acids is 1. The summed E-state index contributed by atoms with van der Waals surface area (Å²) < 4.78 is 6.99. The molecule has 1 aliphatic heterocycles.